The molecule has 1 fully saturated rings. The van der Waals surface area contributed by atoms with Crippen LogP contribution in [0.15, 0.2) is 16.7 Å². The third-order valence-electron chi connectivity index (χ3n) is 5.20. The summed E-state index contributed by atoms with van der Waals surface area (Å²) in [5.41, 5.74) is 1.03. The summed E-state index contributed by atoms with van der Waals surface area (Å²) in [7, 11) is 0. The van der Waals surface area contributed by atoms with Crippen molar-refractivity contribution in [3.05, 3.63) is 29.6 Å². The van der Waals surface area contributed by atoms with Gasteiger partial charge in [-0.05, 0) is 51.9 Å². The Hall–Kier alpha value is -2.84. The van der Waals surface area contributed by atoms with Crippen LogP contribution in [0, 0.1) is 12.8 Å². The molecule has 0 radical (unpaired) electrons. The van der Waals surface area contributed by atoms with Crippen LogP contribution in [0.3, 0.4) is 0 Å². The summed E-state index contributed by atoms with van der Waals surface area (Å²) in [6.07, 6.45) is 5.77. The van der Waals surface area contributed by atoms with E-state index < -0.39 is 6.09 Å². The highest BCUT2D eigenvalue weighted by molar-refractivity contribution is 5.90. The summed E-state index contributed by atoms with van der Waals surface area (Å²) < 4.78 is 5.31. The van der Waals surface area contributed by atoms with Crippen LogP contribution >= 0.6 is 0 Å². The molecule has 2 unspecified atom stereocenters. The molecule has 1 aliphatic carbocycles. The van der Waals surface area contributed by atoms with Gasteiger partial charge in [0, 0.05) is 23.7 Å². The van der Waals surface area contributed by atoms with E-state index in [1.807, 2.05) is 13.0 Å². The third kappa shape index (κ3) is 5.58. The number of carbonyl (C=O) groups excluding carboxylic acids is 1. The van der Waals surface area contributed by atoms with Gasteiger partial charge in [0.1, 0.15) is 12.2 Å². The quantitative estimate of drug-likeness (QED) is 0.548. The molecule has 1 saturated carbocycles. The lowest BCUT2D eigenvalue weighted by Crippen LogP contribution is -2.31. The number of oxazole rings is 1. The molecular formula is C19H27N5O4. The predicted octanol–water partition coefficient (Wildman–Crippen LogP) is 3.21. The van der Waals surface area contributed by atoms with Crippen LogP contribution in [0.2, 0.25) is 0 Å². The molecule has 9 nitrogen and oxygen atoms in total. The number of aryl methyl sites for hydroxylation is 1. The molecular weight excluding hydrogens is 362 g/mol. The van der Waals surface area contributed by atoms with Crippen molar-refractivity contribution in [1.82, 2.24) is 20.5 Å². The van der Waals surface area contributed by atoms with Gasteiger partial charge in [0.25, 0.3) is 0 Å². The van der Waals surface area contributed by atoms with Gasteiger partial charge in [-0.25, -0.2) is 9.78 Å². The van der Waals surface area contributed by atoms with Crippen molar-refractivity contribution in [3.8, 4) is 0 Å². The molecule has 9 heteroatoms. The Morgan fingerprint density at radius 2 is 2.25 bits per heavy atom. The van der Waals surface area contributed by atoms with Crippen molar-refractivity contribution in [2.45, 2.75) is 64.3 Å². The van der Waals surface area contributed by atoms with Gasteiger partial charge in [0.2, 0.25) is 11.8 Å². The summed E-state index contributed by atoms with van der Waals surface area (Å²) in [5.74, 6) is 2.32. The number of hydrogen-bond acceptors (Lipinski definition) is 5. The first kappa shape index (κ1) is 19.9. The van der Waals surface area contributed by atoms with Crippen molar-refractivity contribution in [3.63, 3.8) is 0 Å². The predicted molar refractivity (Wildman–Crippen MR) is 102 cm³/mol. The second-order valence-corrected chi connectivity index (χ2v) is 7.60. The number of amides is 2. The Labute approximate surface area is 163 Å². The van der Waals surface area contributed by atoms with Crippen LogP contribution in [0.1, 0.15) is 62.3 Å². The maximum absolute atomic E-state index is 12.1. The monoisotopic (exact) mass is 389 g/mol. The molecule has 0 aromatic carbocycles. The summed E-state index contributed by atoms with van der Waals surface area (Å²) in [4.78, 5) is 26.8. The molecule has 2 heterocycles. The van der Waals surface area contributed by atoms with Crippen LogP contribution in [-0.4, -0.2) is 38.3 Å². The number of hydrogen-bond donors (Lipinski definition) is 4. The van der Waals surface area contributed by atoms with Crippen molar-refractivity contribution < 1.29 is 19.1 Å². The molecule has 3 atom stereocenters. The fraction of sp³-hybridized carbons (Fsp3) is 0.579. The largest absolute Gasteiger partial charge is 0.465 e. The van der Waals surface area contributed by atoms with Crippen molar-refractivity contribution in [2.75, 3.05) is 5.32 Å². The Balaban J connectivity index is 1.45. The van der Waals surface area contributed by atoms with Gasteiger partial charge in [-0.2, -0.15) is 5.10 Å². The van der Waals surface area contributed by atoms with Gasteiger partial charge >= 0.3 is 6.09 Å². The van der Waals surface area contributed by atoms with E-state index in [-0.39, 0.29) is 18.4 Å². The highest BCUT2D eigenvalue weighted by Gasteiger charge is 2.27. The normalized spacial score (nSPS) is 20.1. The number of aromatic nitrogens is 3. The Morgan fingerprint density at radius 3 is 2.96 bits per heavy atom. The van der Waals surface area contributed by atoms with Gasteiger partial charge in [-0.15, -0.1) is 0 Å². The van der Waals surface area contributed by atoms with Crippen molar-refractivity contribution in [2.24, 2.45) is 5.92 Å². The minimum atomic E-state index is -0.971. The van der Waals surface area contributed by atoms with Crippen molar-refractivity contribution in [1.29, 1.82) is 0 Å². The van der Waals surface area contributed by atoms with Gasteiger partial charge in [0.05, 0.1) is 6.20 Å². The lowest BCUT2D eigenvalue weighted by atomic mass is 9.96. The summed E-state index contributed by atoms with van der Waals surface area (Å²) in [6.45, 7) is 3.68. The van der Waals surface area contributed by atoms with E-state index in [2.05, 4.69) is 25.8 Å². The average Bonchev–Trinajstić information content (AvgIpc) is 3.33. The Morgan fingerprint density at radius 1 is 1.43 bits per heavy atom. The Bertz CT molecular complexity index is 815. The molecule has 0 spiro atoms. The number of carboxylic acid groups (broad SMARTS) is 1. The number of H-pyrrole nitrogens is 1. The van der Waals surface area contributed by atoms with E-state index in [0.717, 1.165) is 37.8 Å². The van der Waals surface area contributed by atoms with Crippen molar-refractivity contribution >= 4 is 17.8 Å². The van der Waals surface area contributed by atoms with Gasteiger partial charge in [0.15, 0.2) is 5.82 Å². The topological polar surface area (TPSA) is 133 Å². The summed E-state index contributed by atoms with van der Waals surface area (Å²) in [6, 6.07) is 1.86. The standard InChI is InChI=1S/C19H27N5O4/c1-11(21-19(26)27)3-4-13-5-6-14(7-13)15-8-16(24-23-15)22-17(25)9-18-20-10-12(2)28-18/h8,10-11,13-14,21H,3-7,9H2,1-2H3,(H,26,27)(H2,22,23,24,25)/t11-,13?,14?/m0/s1. The van der Waals surface area contributed by atoms with E-state index >= 15 is 0 Å². The fourth-order valence-electron chi connectivity index (χ4n) is 3.81. The zero-order chi connectivity index (χ0) is 20.1. The second kappa shape index (κ2) is 8.90. The molecule has 0 saturated heterocycles. The van der Waals surface area contributed by atoms with E-state index in [1.165, 1.54) is 0 Å². The zero-order valence-corrected chi connectivity index (χ0v) is 16.2. The molecule has 2 aromatic heterocycles. The molecule has 1 aliphatic rings. The Kier molecular flexibility index (Phi) is 6.33. The lowest BCUT2D eigenvalue weighted by Gasteiger charge is -2.14. The summed E-state index contributed by atoms with van der Waals surface area (Å²) in [5, 5.41) is 21.3. The van der Waals surface area contributed by atoms with Crippen LogP contribution in [0.4, 0.5) is 10.6 Å². The van der Waals surface area contributed by atoms with E-state index in [1.54, 1.807) is 13.1 Å². The number of aromatic amines is 1. The molecule has 0 bridgehead atoms. The van der Waals surface area contributed by atoms with Gasteiger partial charge < -0.3 is 20.2 Å². The van der Waals surface area contributed by atoms with Crippen LogP contribution in [0.25, 0.3) is 0 Å². The number of rotatable bonds is 8. The molecule has 28 heavy (non-hydrogen) atoms. The molecule has 152 valence electrons. The third-order valence-corrected chi connectivity index (χ3v) is 5.20. The summed E-state index contributed by atoms with van der Waals surface area (Å²) >= 11 is 0. The smallest absolute Gasteiger partial charge is 0.404 e. The number of carbonyl (C=O) groups is 2. The first-order valence-electron chi connectivity index (χ1n) is 9.65. The average molecular weight is 389 g/mol. The highest BCUT2D eigenvalue weighted by atomic mass is 16.4. The molecule has 0 aliphatic heterocycles. The first-order valence-corrected chi connectivity index (χ1v) is 9.65. The minimum absolute atomic E-state index is 0.0297. The highest BCUT2D eigenvalue weighted by Crippen LogP contribution is 2.40. The maximum atomic E-state index is 12.1. The van der Waals surface area contributed by atoms with E-state index in [4.69, 9.17) is 9.52 Å². The van der Waals surface area contributed by atoms with Crippen LogP contribution < -0.4 is 10.6 Å². The van der Waals surface area contributed by atoms with Gasteiger partial charge in [-0.1, -0.05) is 0 Å². The van der Waals surface area contributed by atoms with E-state index in [9.17, 15) is 9.59 Å². The zero-order valence-electron chi connectivity index (χ0n) is 16.2. The SMILES string of the molecule is Cc1cnc(CC(=O)Nc2cc(C3CCC(CC[C@H](C)NC(=O)O)C3)[nH]n2)o1. The van der Waals surface area contributed by atoms with Crippen LogP contribution in [0.5, 0.6) is 0 Å². The fourth-order valence-corrected chi connectivity index (χ4v) is 3.81. The van der Waals surface area contributed by atoms with Gasteiger partial charge in [-0.3, -0.25) is 9.89 Å². The molecule has 2 amide bonds. The van der Waals surface area contributed by atoms with Crippen LogP contribution in [-0.2, 0) is 11.2 Å². The first-order chi connectivity index (χ1) is 13.4. The molecule has 2 aromatic rings. The number of nitrogens with one attached hydrogen (secondary N) is 3. The molecule has 3 rings (SSSR count). The van der Waals surface area contributed by atoms with E-state index in [0.29, 0.717) is 29.3 Å². The second-order valence-electron chi connectivity index (χ2n) is 7.60. The molecule has 4 N–H and O–H groups in total. The number of nitrogens with zero attached hydrogens (tertiary/aromatic N) is 2. The number of anilines is 1. The minimum Gasteiger partial charge on any atom is -0.465 e. The maximum Gasteiger partial charge on any atom is 0.404 e. The lowest BCUT2D eigenvalue weighted by molar-refractivity contribution is -0.115.